The van der Waals surface area contributed by atoms with Crippen LogP contribution in [0.2, 0.25) is 0 Å². The van der Waals surface area contributed by atoms with Crippen LogP contribution in [0.1, 0.15) is 24.9 Å². The highest BCUT2D eigenvalue weighted by molar-refractivity contribution is 6.24. The minimum absolute atomic E-state index is 0.333. The first-order chi connectivity index (χ1) is 17.6. The second-order valence-corrected chi connectivity index (χ2v) is 8.62. The largest absolute Gasteiger partial charge is 0.497 e. The molecular formula is C28H28N2O6. The number of imide groups is 1. The average Bonchev–Trinajstić information content (AvgIpc) is 3.43. The topological polar surface area (TPSA) is 77.5 Å². The Morgan fingerprint density at radius 2 is 1.56 bits per heavy atom. The first kappa shape index (κ1) is 23.7. The zero-order chi connectivity index (χ0) is 25.2. The van der Waals surface area contributed by atoms with Crippen LogP contribution in [0.4, 0.5) is 11.4 Å². The fraction of sp³-hybridized carbons (Fsp3) is 0.286. The van der Waals surface area contributed by atoms with Gasteiger partial charge in [-0.05, 0) is 61.0 Å². The van der Waals surface area contributed by atoms with Gasteiger partial charge < -0.3 is 14.2 Å². The van der Waals surface area contributed by atoms with E-state index in [1.165, 1.54) is 4.90 Å². The van der Waals surface area contributed by atoms with Crippen LogP contribution < -0.4 is 24.2 Å². The molecule has 8 heteroatoms. The molecule has 2 aliphatic rings. The van der Waals surface area contributed by atoms with Gasteiger partial charge in [-0.2, -0.15) is 0 Å². The van der Waals surface area contributed by atoms with Crippen molar-refractivity contribution in [3.05, 3.63) is 78.4 Å². The van der Waals surface area contributed by atoms with E-state index in [-0.39, 0.29) is 5.91 Å². The molecule has 5 rings (SSSR count). The zero-order valence-electron chi connectivity index (χ0n) is 20.4. The van der Waals surface area contributed by atoms with E-state index >= 15 is 0 Å². The predicted octanol–water partition coefficient (Wildman–Crippen LogP) is 4.54. The van der Waals surface area contributed by atoms with Gasteiger partial charge in [0.1, 0.15) is 29.2 Å². The van der Waals surface area contributed by atoms with Gasteiger partial charge >= 0.3 is 0 Å². The normalized spacial score (nSPS) is 21.0. The van der Waals surface area contributed by atoms with Gasteiger partial charge in [0.25, 0.3) is 5.91 Å². The number of carbonyl (C=O) groups excluding carboxylic acids is 2. The van der Waals surface area contributed by atoms with Crippen LogP contribution in [0.5, 0.6) is 17.2 Å². The lowest BCUT2D eigenvalue weighted by Gasteiger charge is -2.29. The van der Waals surface area contributed by atoms with Gasteiger partial charge in [0.2, 0.25) is 5.91 Å². The van der Waals surface area contributed by atoms with Crippen molar-refractivity contribution in [1.82, 2.24) is 0 Å². The third kappa shape index (κ3) is 4.03. The van der Waals surface area contributed by atoms with E-state index < -0.39 is 24.0 Å². The molecule has 2 aliphatic heterocycles. The molecule has 2 saturated heterocycles. The van der Waals surface area contributed by atoms with Crippen molar-refractivity contribution >= 4 is 23.2 Å². The first-order valence-electron chi connectivity index (χ1n) is 11.9. The third-order valence-corrected chi connectivity index (χ3v) is 6.45. The molecule has 0 bridgehead atoms. The highest BCUT2D eigenvalue weighted by Crippen LogP contribution is 2.50. The number of para-hydroxylation sites is 1. The monoisotopic (exact) mass is 488 g/mol. The maximum atomic E-state index is 13.9. The molecule has 3 aromatic carbocycles. The minimum atomic E-state index is -0.977. The number of hydrogen-bond donors (Lipinski definition) is 0. The quantitative estimate of drug-likeness (QED) is 0.431. The highest BCUT2D eigenvalue weighted by Gasteiger charge is 2.60. The molecule has 3 atom stereocenters. The number of amides is 2. The SMILES string of the molecule is CCCOc1ccc(N2C(=O)[C@@H]3[C@H](ON(c4ccccc4)[C@H]3c3cc(OC)ccc3OC)C2=O)cc1. The summed E-state index contributed by atoms with van der Waals surface area (Å²) in [5.74, 6) is 0.346. The highest BCUT2D eigenvalue weighted by atomic mass is 16.7. The molecule has 0 aromatic heterocycles. The zero-order valence-corrected chi connectivity index (χ0v) is 20.4. The maximum Gasteiger partial charge on any atom is 0.266 e. The van der Waals surface area contributed by atoms with Gasteiger partial charge in [-0.3, -0.25) is 14.4 Å². The first-order valence-corrected chi connectivity index (χ1v) is 11.9. The minimum Gasteiger partial charge on any atom is -0.497 e. The van der Waals surface area contributed by atoms with Crippen LogP contribution in [-0.4, -0.2) is 38.7 Å². The van der Waals surface area contributed by atoms with E-state index in [2.05, 4.69) is 0 Å². The maximum absolute atomic E-state index is 13.9. The van der Waals surface area contributed by atoms with Crippen molar-refractivity contribution in [2.24, 2.45) is 5.92 Å². The van der Waals surface area contributed by atoms with Crippen LogP contribution in [0.3, 0.4) is 0 Å². The summed E-state index contributed by atoms with van der Waals surface area (Å²) in [7, 11) is 3.15. The van der Waals surface area contributed by atoms with Gasteiger partial charge in [-0.1, -0.05) is 25.1 Å². The number of methoxy groups -OCH3 is 2. The van der Waals surface area contributed by atoms with Crippen LogP contribution in [0.25, 0.3) is 0 Å². The smallest absolute Gasteiger partial charge is 0.266 e. The molecular weight excluding hydrogens is 460 g/mol. The fourth-order valence-electron chi connectivity index (χ4n) is 4.77. The number of carbonyl (C=O) groups is 2. The molecule has 0 unspecified atom stereocenters. The van der Waals surface area contributed by atoms with E-state index in [1.54, 1.807) is 55.7 Å². The van der Waals surface area contributed by atoms with E-state index in [9.17, 15) is 9.59 Å². The molecule has 36 heavy (non-hydrogen) atoms. The lowest BCUT2D eigenvalue weighted by molar-refractivity contribution is -0.126. The average molecular weight is 489 g/mol. The van der Waals surface area contributed by atoms with Crippen LogP contribution in [-0.2, 0) is 14.4 Å². The predicted molar refractivity (Wildman–Crippen MR) is 134 cm³/mol. The molecule has 3 aromatic rings. The van der Waals surface area contributed by atoms with Crippen molar-refractivity contribution in [2.45, 2.75) is 25.5 Å². The summed E-state index contributed by atoms with van der Waals surface area (Å²) in [5.41, 5.74) is 1.90. The Morgan fingerprint density at radius 1 is 0.833 bits per heavy atom. The Morgan fingerprint density at radius 3 is 2.22 bits per heavy atom. The summed E-state index contributed by atoms with van der Waals surface area (Å²) in [5, 5.41) is 1.64. The number of fused-ring (bicyclic) bond motifs is 1. The van der Waals surface area contributed by atoms with Crippen LogP contribution in [0.15, 0.2) is 72.8 Å². The molecule has 2 amide bonds. The van der Waals surface area contributed by atoms with Crippen molar-refractivity contribution in [3.63, 3.8) is 0 Å². The van der Waals surface area contributed by atoms with Crippen LogP contribution >= 0.6 is 0 Å². The van der Waals surface area contributed by atoms with Crippen LogP contribution in [0, 0.1) is 5.92 Å². The Balaban J connectivity index is 1.55. The second-order valence-electron chi connectivity index (χ2n) is 8.62. The van der Waals surface area contributed by atoms with E-state index in [4.69, 9.17) is 19.0 Å². The number of hydroxylamine groups is 1. The number of ether oxygens (including phenoxy) is 3. The molecule has 186 valence electrons. The van der Waals surface area contributed by atoms with E-state index in [1.807, 2.05) is 43.3 Å². The molecule has 0 N–H and O–H groups in total. The number of nitrogens with zero attached hydrogens (tertiary/aromatic N) is 2. The Hall–Kier alpha value is -4.04. The Labute approximate surface area is 209 Å². The number of hydrogen-bond acceptors (Lipinski definition) is 7. The Kier molecular flexibility index (Phi) is 6.52. The van der Waals surface area contributed by atoms with Gasteiger partial charge in [-0.15, -0.1) is 0 Å². The van der Waals surface area contributed by atoms with Crippen molar-refractivity contribution in [2.75, 3.05) is 30.8 Å². The number of anilines is 2. The molecule has 0 aliphatic carbocycles. The summed E-state index contributed by atoms with van der Waals surface area (Å²) >= 11 is 0. The summed E-state index contributed by atoms with van der Waals surface area (Å²) in [6.07, 6.45) is -0.0897. The molecule has 2 heterocycles. The molecule has 0 saturated carbocycles. The van der Waals surface area contributed by atoms with Gasteiger partial charge in [-0.25, -0.2) is 9.96 Å². The van der Waals surface area contributed by atoms with Gasteiger partial charge in [0.05, 0.1) is 32.2 Å². The summed E-state index contributed by atoms with van der Waals surface area (Å²) in [4.78, 5) is 34.8. The standard InChI is InChI=1S/C28H28N2O6/c1-4-16-35-20-12-10-18(11-13-20)29-27(31)24-25(22-17-21(33-2)14-15-23(22)34-3)30(36-26(24)28(29)32)19-8-6-5-7-9-19/h5-15,17,24-26H,4,16H2,1-3H3/t24-,25-,26-/m0/s1. The molecule has 8 nitrogen and oxygen atoms in total. The summed E-state index contributed by atoms with van der Waals surface area (Å²) in [6, 6.07) is 21.2. The number of rotatable bonds is 8. The second kappa shape index (κ2) is 9.91. The molecule has 0 radical (unpaired) electrons. The molecule has 2 fully saturated rings. The lowest BCUT2D eigenvalue weighted by Crippen LogP contribution is -2.37. The van der Waals surface area contributed by atoms with Crippen molar-refractivity contribution in [1.29, 1.82) is 0 Å². The van der Waals surface area contributed by atoms with Crippen molar-refractivity contribution in [3.8, 4) is 17.2 Å². The van der Waals surface area contributed by atoms with Crippen molar-refractivity contribution < 1.29 is 28.6 Å². The number of benzene rings is 3. The van der Waals surface area contributed by atoms with E-state index in [0.29, 0.717) is 35.1 Å². The van der Waals surface area contributed by atoms with Gasteiger partial charge in [0, 0.05) is 5.56 Å². The summed E-state index contributed by atoms with van der Waals surface area (Å²) < 4.78 is 16.7. The molecule has 0 spiro atoms. The lowest BCUT2D eigenvalue weighted by atomic mass is 9.89. The fourth-order valence-corrected chi connectivity index (χ4v) is 4.77. The summed E-state index contributed by atoms with van der Waals surface area (Å²) in [6.45, 7) is 2.62. The Bertz CT molecular complexity index is 1250. The van der Waals surface area contributed by atoms with Gasteiger partial charge in [0.15, 0.2) is 6.10 Å². The third-order valence-electron chi connectivity index (χ3n) is 6.45. The van der Waals surface area contributed by atoms with E-state index in [0.717, 1.165) is 12.1 Å².